The maximum absolute atomic E-state index is 12.3. The number of rotatable bonds is 3. The van der Waals surface area contributed by atoms with Crippen LogP contribution in [-0.2, 0) is 0 Å². The first kappa shape index (κ1) is 13.5. The van der Waals surface area contributed by atoms with E-state index in [1.165, 1.54) is 0 Å². The number of nitrogens with one attached hydrogen (secondary N) is 2. The summed E-state index contributed by atoms with van der Waals surface area (Å²) in [6.07, 6.45) is 3.28. The Morgan fingerprint density at radius 1 is 1.26 bits per heavy atom. The number of aryl methyl sites for hydroxylation is 1. The second-order valence-electron chi connectivity index (χ2n) is 4.11. The highest BCUT2D eigenvalue weighted by Crippen LogP contribution is 2.23. The zero-order chi connectivity index (χ0) is 13.8. The molecular formula is C14H14BrN3O. The summed E-state index contributed by atoms with van der Waals surface area (Å²) in [5.74, 6) is -0.156. The molecule has 5 heteroatoms. The van der Waals surface area contributed by atoms with Gasteiger partial charge in [0.05, 0.1) is 15.7 Å². The summed E-state index contributed by atoms with van der Waals surface area (Å²) in [6.45, 7) is 1.99. The lowest BCUT2D eigenvalue weighted by molar-refractivity contribution is 0.102. The highest BCUT2D eigenvalue weighted by Gasteiger charge is 2.12. The van der Waals surface area contributed by atoms with Crippen molar-refractivity contribution in [2.45, 2.75) is 6.92 Å². The molecule has 0 atom stereocenters. The number of halogens is 1. The standard InChI is InChI=1S/C14H14BrN3O/c1-9-3-4-10(13(7-9)16-2)14(19)18-12-5-6-17-8-11(12)15/h3-8,16H,1-2H3,(H,17,18,19). The average Bonchev–Trinajstić information content (AvgIpc) is 2.41. The number of amides is 1. The molecule has 0 saturated carbocycles. The average molecular weight is 320 g/mol. The first-order valence-electron chi connectivity index (χ1n) is 5.81. The second-order valence-corrected chi connectivity index (χ2v) is 4.96. The first-order valence-corrected chi connectivity index (χ1v) is 6.60. The number of carbonyl (C=O) groups excluding carboxylic acids is 1. The number of anilines is 2. The van der Waals surface area contributed by atoms with Crippen LogP contribution in [0, 0.1) is 6.92 Å². The Hall–Kier alpha value is -1.88. The molecule has 0 radical (unpaired) electrons. The van der Waals surface area contributed by atoms with Crippen LogP contribution >= 0.6 is 15.9 Å². The summed E-state index contributed by atoms with van der Waals surface area (Å²) >= 11 is 3.35. The van der Waals surface area contributed by atoms with Crippen LogP contribution in [-0.4, -0.2) is 17.9 Å². The van der Waals surface area contributed by atoms with Crippen LogP contribution in [0.1, 0.15) is 15.9 Å². The summed E-state index contributed by atoms with van der Waals surface area (Å²) in [6, 6.07) is 7.41. The topological polar surface area (TPSA) is 54.0 Å². The van der Waals surface area contributed by atoms with Crippen LogP contribution in [0.15, 0.2) is 41.1 Å². The van der Waals surface area contributed by atoms with Gasteiger partial charge in [-0.2, -0.15) is 0 Å². The highest BCUT2D eigenvalue weighted by atomic mass is 79.9. The molecule has 2 rings (SSSR count). The molecule has 0 fully saturated rings. The number of nitrogens with zero attached hydrogens (tertiary/aromatic N) is 1. The first-order chi connectivity index (χ1) is 9.11. The van der Waals surface area contributed by atoms with Crippen molar-refractivity contribution in [2.75, 3.05) is 17.7 Å². The fourth-order valence-electron chi connectivity index (χ4n) is 1.73. The Labute approximate surface area is 120 Å². The molecule has 4 nitrogen and oxygen atoms in total. The molecule has 2 aromatic rings. The van der Waals surface area contributed by atoms with E-state index in [9.17, 15) is 4.79 Å². The van der Waals surface area contributed by atoms with E-state index in [4.69, 9.17) is 0 Å². The number of carbonyl (C=O) groups is 1. The monoisotopic (exact) mass is 319 g/mol. The van der Waals surface area contributed by atoms with E-state index in [1.54, 1.807) is 25.5 Å². The van der Waals surface area contributed by atoms with E-state index in [0.717, 1.165) is 15.7 Å². The second kappa shape index (κ2) is 5.84. The Balaban J connectivity index is 2.28. The zero-order valence-corrected chi connectivity index (χ0v) is 12.3. The lowest BCUT2D eigenvalue weighted by atomic mass is 10.1. The largest absolute Gasteiger partial charge is 0.387 e. The Morgan fingerprint density at radius 2 is 2.05 bits per heavy atom. The number of benzene rings is 1. The molecule has 0 unspecified atom stereocenters. The van der Waals surface area contributed by atoms with Gasteiger partial charge in [-0.1, -0.05) is 6.07 Å². The van der Waals surface area contributed by atoms with Gasteiger partial charge in [0.25, 0.3) is 5.91 Å². The third kappa shape index (κ3) is 3.12. The molecule has 98 valence electrons. The summed E-state index contributed by atoms with van der Waals surface area (Å²) < 4.78 is 0.751. The maximum atomic E-state index is 12.3. The van der Waals surface area contributed by atoms with Gasteiger partial charge in [0.2, 0.25) is 0 Å². The predicted octanol–water partition coefficient (Wildman–Crippen LogP) is 3.45. The van der Waals surface area contributed by atoms with Gasteiger partial charge in [-0.05, 0) is 46.6 Å². The highest BCUT2D eigenvalue weighted by molar-refractivity contribution is 9.10. The minimum atomic E-state index is -0.156. The lowest BCUT2D eigenvalue weighted by Crippen LogP contribution is -2.14. The lowest BCUT2D eigenvalue weighted by Gasteiger charge is -2.11. The van der Waals surface area contributed by atoms with E-state index in [1.807, 2.05) is 25.1 Å². The van der Waals surface area contributed by atoms with Crippen LogP contribution in [0.3, 0.4) is 0 Å². The van der Waals surface area contributed by atoms with Gasteiger partial charge < -0.3 is 10.6 Å². The van der Waals surface area contributed by atoms with Crippen LogP contribution in [0.5, 0.6) is 0 Å². The Kier molecular flexibility index (Phi) is 4.16. The van der Waals surface area contributed by atoms with Crippen molar-refractivity contribution >= 4 is 33.2 Å². The zero-order valence-electron chi connectivity index (χ0n) is 10.7. The molecule has 0 aliphatic heterocycles. The van der Waals surface area contributed by atoms with Crippen molar-refractivity contribution in [1.82, 2.24) is 4.98 Å². The number of hydrogen-bond donors (Lipinski definition) is 2. The molecule has 0 aliphatic rings. The van der Waals surface area contributed by atoms with E-state index in [-0.39, 0.29) is 5.91 Å². The minimum Gasteiger partial charge on any atom is -0.387 e. The Bertz CT molecular complexity index is 613. The van der Waals surface area contributed by atoms with Crippen molar-refractivity contribution in [3.63, 3.8) is 0 Å². The Morgan fingerprint density at radius 3 is 2.74 bits per heavy atom. The van der Waals surface area contributed by atoms with Crippen molar-refractivity contribution in [3.8, 4) is 0 Å². The summed E-state index contributed by atoms with van der Waals surface area (Å²) in [4.78, 5) is 16.2. The number of hydrogen-bond acceptors (Lipinski definition) is 3. The molecule has 1 aromatic carbocycles. The molecule has 19 heavy (non-hydrogen) atoms. The van der Waals surface area contributed by atoms with Crippen molar-refractivity contribution in [1.29, 1.82) is 0 Å². The minimum absolute atomic E-state index is 0.156. The normalized spacial score (nSPS) is 10.1. The van der Waals surface area contributed by atoms with Gasteiger partial charge in [0.1, 0.15) is 0 Å². The van der Waals surface area contributed by atoms with Gasteiger partial charge in [-0.25, -0.2) is 0 Å². The van der Waals surface area contributed by atoms with E-state index >= 15 is 0 Å². The summed E-state index contributed by atoms with van der Waals surface area (Å²) in [7, 11) is 1.80. The smallest absolute Gasteiger partial charge is 0.257 e. The molecular weight excluding hydrogens is 306 g/mol. The maximum Gasteiger partial charge on any atom is 0.257 e. The fraction of sp³-hybridized carbons (Fsp3) is 0.143. The quantitative estimate of drug-likeness (QED) is 0.911. The molecule has 0 spiro atoms. The number of pyridine rings is 1. The third-order valence-corrected chi connectivity index (χ3v) is 3.34. The van der Waals surface area contributed by atoms with Crippen molar-refractivity contribution in [3.05, 3.63) is 52.3 Å². The molecule has 1 aromatic heterocycles. The third-order valence-electron chi connectivity index (χ3n) is 2.71. The SMILES string of the molecule is CNc1cc(C)ccc1C(=O)Nc1ccncc1Br. The molecule has 0 aliphatic carbocycles. The van der Waals surface area contributed by atoms with E-state index < -0.39 is 0 Å². The van der Waals surface area contributed by atoms with Crippen molar-refractivity contribution < 1.29 is 4.79 Å². The van der Waals surface area contributed by atoms with E-state index in [2.05, 4.69) is 31.5 Å². The summed E-state index contributed by atoms with van der Waals surface area (Å²) in [5.41, 5.74) is 3.22. The number of aromatic nitrogens is 1. The molecule has 1 heterocycles. The van der Waals surface area contributed by atoms with Crippen LogP contribution in [0.25, 0.3) is 0 Å². The van der Waals surface area contributed by atoms with Gasteiger partial charge in [0, 0.05) is 25.1 Å². The van der Waals surface area contributed by atoms with Gasteiger partial charge in [0.15, 0.2) is 0 Å². The molecule has 2 N–H and O–H groups in total. The molecule has 0 bridgehead atoms. The van der Waals surface area contributed by atoms with Crippen LogP contribution in [0.4, 0.5) is 11.4 Å². The van der Waals surface area contributed by atoms with Gasteiger partial charge in [-0.3, -0.25) is 9.78 Å². The predicted molar refractivity (Wildman–Crippen MR) is 80.6 cm³/mol. The van der Waals surface area contributed by atoms with E-state index in [0.29, 0.717) is 11.3 Å². The van der Waals surface area contributed by atoms with Gasteiger partial charge in [-0.15, -0.1) is 0 Å². The van der Waals surface area contributed by atoms with Crippen LogP contribution < -0.4 is 10.6 Å². The van der Waals surface area contributed by atoms with Crippen LogP contribution in [0.2, 0.25) is 0 Å². The molecule has 0 saturated heterocycles. The summed E-state index contributed by atoms with van der Waals surface area (Å²) in [5, 5.41) is 5.89. The van der Waals surface area contributed by atoms with Gasteiger partial charge >= 0.3 is 0 Å². The molecule has 1 amide bonds. The fourth-order valence-corrected chi connectivity index (χ4v) is 2.08. The van der Waals surface area contributed by atoms with Crippen molar-refractivity contribution in [2.24, 2.45) is 0 Å².